The first-order chi connectivity index (χ1) is 14.9. The van der Waals surface area contributed by atoms with Gasteiger partial charge in [0.05, 0.1) is 6.10 Å². The number of carbonyl (C=O) groups excluding carboxylic acids is 1. The molecule has 1 heterocycles. The first-order valence-electron chi connectivity index (χ1n) is 13.4. The Bertz CT molecular complexity index is 716. The van der Waals surface area contributed by atoms with Crippen LogP contribution in [0.1, 0.15) is 91.4 Å². The smallest absolute Gasteiger partial charge is 0.302 e. The van der Waals surface area contributed by atoms with Gasteiger partial charge in [-0.2, -0.15) is 0 Å². The molecule has 0 bridgehead atoms. The molecule has 6 aliphatic rings. The second-order valence-electron chi connectivity index (χ2n) is 12.4. The zero-order chi connectivity index (χ0) is 21.4. The zero-order valence-corrected chi connectivity index (χ0v) is 19.8. The Balaban J connectivity index is 1.19. The van der Waals surface area contributed by atoms with Crippen LogP contribution >= 0.6 is 0 Å². The first kappa shape index (κ1) is 21.0. The molecule has 4 nitrogen and oxygen atoms in total. The van der Waals surface area contributed by atoms with E-state index in [9.17, 15) is 4.79 Å². The summed E-state index contributed by atoms with van der Waals surface area (Å²) in [7, 11) is 0. The Kier molecular flexibility index (Phi) is 5.04. The van der Waals surface area contributed by atoms with Gasteiger partial charge in [-0.3, -0.25) is 4.79 Å². The number of ether oxygens (including phenoxy) is 3. The molecule has 4 heteroatoms. The summed E-state index contributed by atoms with van der Waals surface area (Å²) in [4.78, 5) is 11.6. The van der Waals surface area contributed by atoms with Crippen molar-refractivity contribution in [2.75, 3.05) is 6.61 Å². The largest absolute Gasteiger partial charge is 0.462 e. The molecule has 0 amide bonds. The molecule has 0 aromatic rings. The van der Waals surface area contributed by atoms with Gasteiger partial charge in [0.15, 0.2) is 6.29 Å². The van der Waals surface area contributed by atoms with Crippen LogP contribution in [0.4, 0.5) is 0 Å². The highest BCUT2D eigenvalue weighted by molar-refractivity contribution is 5.66. The number of esters is 1. The van der Waals surface area contributed by atoms with Crippen molar-refractivity contribution < 1.29 is 19.0 Å². The third-order valence-electron chi connectivity index (χ3n) is 11.3. The standard InChI is InChI=1S/C27H42O4/c1-16(28)30-23-14-17-7-8-18-20-9-10-24(31-25-6-4-5-13-29-25)26(20,2)12-11-21(18)27(17,3)22-15-19(22)23/h17-25H,4-15H2,1-3H3/t17-,18-,19+,20-,21-,22-,23?,24-,25?,26-,27-/m0/s1. The lowest BCUT2D eigenvalue weighted by Crippen LogP contribution is -2.56. The van der Waals surface area contributed by atoms with Crippen molar-refractivity contribution in [1.82, 2.24) is 0 Å². The van der Waals surface area contributed by atoms with E-state index >= 15 is 0 Å². The van der Waals surface area contributed by atoms with E-state index < -0.39 is 0 Å². The summed E-state index contributed by atoms with van der Waals surface area (Å²) in [6, 6.07) is 0. The van der Waals surface area contributed by atoms with E-state index in [1.165, 1.54) is 57.8 Å². The molecule has 0 N–H and O–H groups in total. The molecule has 1 saturated heterocycles. The van der Waals surface area contributed by atoms with Crippen molar-refractivity contribution in [3.63, 3.8) is 0 Å². The van der Waals surface area contributed by atoms with Crippen LogP contribution in [0, 0.1) is 46.3 Å². The fraction of sp³-hybridized carbons (Fsp3) is 0.963. The summed E-state index contributed by atoms with van der Waals surface area (Å²) in [6.45, 7) is 7.66. The molecular weight excluding hydrogens is 388 g/mol. The van der Waals surface area contributed by atoms with Gasteiger partial charge in [-0.05, 0) is 117 Å². The Morgan fingerprint density at radius 1 is 0.903 bits per heavy atom. The predicted molar refractivity (Wildman–Crippen MR) is 118 cm³/mol. The molecule has 31 heavy (non-hydrogen) atoms. The molecule has 1 aliphatic heterocycles. The number of fused-ring (bicyclic) bond motifs is 7. The monoisotopic (exact) mass is 430 g/mol. The van der Waals surface area contributed by atoms with E-state index in [0.29, 0.717) is 22.9 Å². The minimum absolute atomic E-state index is 0.0454. The quantitative estimate of drug-likeness (QED) is 0.537. The maximum atomic E-state index is 11.6. The van der Waals surface area contributed by atoms with Crippen LogP contribution in [0.25, 0.3) is 0 Å². The number of hydrogen-bond acceptors (Lipinski definition) is 4. The van der Waals surface area contributed by atoms with Crippen LogP contribution in [-0.2, 0) is 19.0 Å². The summed E-state index contributed by atoms with van der Waals surface area (Å²) in [5.41, 5.74) is 0.806. The van der Waals surface area contributed by atoms with Crippen molar-refractivity contribution in [3.8, 4) is 0 Å². The Morgan fingerprint density at radius 2 is 1.77 bits per heavy atom. The van der Waals surface area contributed by atoms with E-state index in [-0.39, 0.29) is 18.4 Å². The molecular formula is C27H42O4. The highest BCUT2D eigenvalue weighted by atomic mass is 16.7. The second-order valence-corrected chi connectivity index (χ2v) is 12.4. The molecule has 6 fully saturated rings. The third kappa shape index (κ3) is 3.17. The van der Waals surface area contributed by atoms with Crippen LogP contribution in [0.3, 0.4) is 0 Å². The van der Waals surface area contributed by atoms with Crippen LogP contribution in [0.15, 0.2) is 0 Å². The molecule has 0 aromatic carbocycles. The second kappa shape index (κ2) is 7.45. The van der Waals surface area contributed by atoms with Gasteiger partial charge in [-0.25, -0.2) is 0 Å². The molecule has 0 spiro atoms. The average molecular weight is 431 g/mol. The van der Waals surface area contributed by atoms with E-state index in [1.807, 2.05) is 0 Å². The van der Waals surface area contributed by atoms with Crippen LogP contribution in [0.2, 0.25) is 0 Å². The lowest BCUT2D eigenvalue weighted by atomic mass is 9.45. The normalized spacial score (nSPS) is 55.4. The molecule has 2 unspecified atom stereocenters. The molecule has 0 radical (unpaired) electrons. The highest BCUT2D eigenvalue weighted by Gasteiger charge is 2.68. The fourth-order valence-corrected chi connectivity index (χ4v) is 9.74. The van der Waals surface area contributed by atoms with Gasteiger partial charge in [-0.15, -0.1) is 0 Å². The van der Waals surface area contributed by atoms with Crippen molar-refractivity contribution in [2.24, 2.45) is 46.3 Å². The molecule has 174 valence electrons. The number of rotatable bonds is 3. The first-order valence-corrected chi connectivity index (χ1v) is 13.4. The lowest BCUT2D eigenvalue weighted by Gasteiger charge is -2.61. The molecule has 6 rings (SSSR count). The van der Waals surface area contributed by atoms with E-state index in [2.05, 4.69) is 13.8 Å². The van der Waals surface area contributed by atoms with Gasteiger partial charge >= 0.3 is 5.97 Å². The van der Waals surface area contributed by atoms with E-state index in [1.54, 1.807) is 6.92 Å². The number of carbonyl (C=O) groups is 1. The Morgan fingerprint density at radius 3 is 2.55 bits per heavy atom. The maximum Gasteiger partial charge on any atom is 0.302 e. The molecule has 5 aliphatic carbocycles. The third-order valence-corrected chi connectivity index (χ3v) is 11.3. The highest BCUT2D eigenvalue weighted by Crippen LogP contribution is 2.73. The number of hydrogen-bond donors (Lipinski definition) is 0. The van der Waals surface area contributed by atoms with Crippen LogP contribution in [-0.4, -0.2) is 31.1 Å². The fourth-order valence-electron chi connectivity index (χ4n) is 9.74. The van der Waals surface area contributed by atoms with Crippen molar-refractivity contribution >= 4 is 5.97 Å². The van der Waals surface area contributed by atoms with Crippen LogP contribution < -0.4 is 0 Å². The zero-order valence-electron chi connectivity index (χ0n) is 19.8. The van der Waals surface area contributed by atoms with Gasteiger partial charge in [0, 0.05) is 13.5 Å². The van der Waals surface area contributed by atoms with Gasteiger partial charge in [0.25, 0.3) is 0 Å². The van der Waals surface area contributed by atoms with Gasteiger partial charge in [0.2, 0.25) is 0 Å². The minimum Gasteiger partial charge on any atom is -0.462 e. The van der Waals surface area contributed by atoms with E-state index in [0.717, 1.165) is 49.0 Å². The summed E-state index contributed by atoms with van der Waals surface area (Å²) < 4.78 is 18.4. The summed E-state index contributed by atoms with van der Waals surface area (Å²) in [5, 5.41) is 0. The van der Waals surface area contributed by atoms with Crippen LogP contribution in [0.5, 0.6) is 0 Å². The Labute approximate surface area is 188 Å². The minimum atomic E-state index is -0.0830. The van der Waals surface area contributed by atoms with Gasteiger partial charge < -0.3 is 14.2 Å². The topological polar surface area (TPSA) is 44.8 Å². The lowest BCUT2D eigenvalue weighted by molar-refractivity contribution is -0.220. The molecule has 5 saturated carbocycles. The van der Waals surface area contributed by atoms with E-state index in [4.69, 9.17) is 14.2 Å². The summed E-state index contributed by atoms with van der Waals surface area (Å²) in [6.07, 6.45) is 14.5. The van der Waals surface area contributed by atoms with Crippen molar-refractivity contribution in [3.05, 3.63) is 0 Å². The maximum absolute atomic E-state index is 11.6. The molecule has 0 aromatic heterocycles. The Hall–Kier alpha value is -0.610. The average Bonchev–Trinajstić information content (AvgIpc) is 3.49. The molecule has 11 atom stereocenters. The summed E-state index contributed by atoms with van der Waals surface area (Å²) >= 11 is 0. The van der Waals surface area contributed by atoms with Crippen molar-refractivity contribution in [2.45, 2.75) is 110 Å². The SMILES string of the molecule is CC(=O)OC1C[C@@H]2CC[C@H]3[C@@H]4CC[C@H](OC5CCCCO5)[C@@]4(C)CC[C@@H]3[C@@]2(C)[C@H]2C[C@@H]12. The van der Waals surface area contributed by atoms with Crippen molar-refractivity contribution in [1.29, 1.82) is 0 Å². The van der Waals surface area contributed by atoms with Gasteiger partial charge in [-0.1, -0.05) is 13.8 Å². The predicted octanol–water partition coefficient (Wildman–Crippen LogP) is 5.73. The van der Waals surface area contributed by atoms with Gasteiger partial charge in [0.1, 0.15) is 6.10 Å². The summed E-state index contributed by atoms with van der Waals surface area (Å²) in [5.74, 6) is 4.64.